The third-order valence-electron chi connectivity index (χ3n) is 2.97. The number of anilines is 1. The van der Waals surface area contributed by atoms with Gasteiger partial charge in [-0.05, 0) is 26.2 Å². The van der Waals surface area contributed by atoms with E-state index < -0.39 is 0 Å². The second-order valence-corrected chi connectivity index (χ2v) is 4.19. The number of esters is 1. The molecule has 1 fully saturated rings. The molecule has 17 heavy (non-hydrogen) atoms. The van der Waals surface area contributed by atoms with Crippen LogP contribution in [0.4, 0.5) is 5.82 Å². The SMILES string of the molecule is CCOC(=O)[C@H]1CC[C@@H](Nc2cnccn2)C1. The van der Waals surface area contributed by atoms with E-state index in [4.69, 9.17) is 4.74 Å². The van der Waals surface area contributed by atoms with E-state index in [9.17, 15) is 4.79 Å². The summed E-state index contributed by atoms with van der Waals surface area (Å²) in [5.74, 6) is 0.724. The quantitative estimate of drug-likeness (QED) is 0.803. The molecule has 1 aromatic rings. The first-order valence-electron chi connectivity index (χ1n) is 5.98. The molecule has 2 rings (SSSR count). The number of carbonyl (C=O) groups is 1. The van der Waals surface area contributed by atoms with Crippen molar-refractivity contribution < 1.29 is 9.53 Å². The maximum atomic E-state index is 11.6. The molecule has 0 radical (unpaired) electrons. The second-order valence-electron chi connectivity index (χ2n) is 4.19. The number of aromatic nitrogens is 2. The zero-order valence-electron chi connectivity index (χ0n) is 9.93. The third-order valence-corrected chi connectivity index (χ3v) is 2.97. The molecule has 5 heteroatoms. The van der Waals surface area contributed by atoms with Gasteiger partial charge in [-0.3, -0.25) is 9.78 Å². The highest BCUT2D eigenvalue weighted by atomic mass is 16.5. The van der Waals surface area contributed by atoms with Crippen LogP contribution in [0.5, 0.6) is 0 Å². The number of hydrogen-bond acceptors (Lipinski definition) is 5. The van der Waals surface area contributed by atoms with Gasteiger partial charge < -0.3 is 10.1 Å². The molecule has 0 spiro atoms. The van der Waals surface area contributed by atoms with Crippen molar-refractivity contribution in [3.8, 4) is 0 Å². The van der Waals surface area contributed by atoms with Gasteiger partial charge in [-0.2, -0.15) is 0 Å². The summed E-state index contributed by atoms with van der Waals surface area (Å²) in [6.07, 6.45) is 7.66. The van der Waals surface area contributed by atoms with Crippen molar-refractivity contribution in [1.82, 2.24) is 9.97 Å². The van der Waals surface area contributed by atoms with E-state index in [1.54, 1.807) is 18.6 Å². The predicted molar refractivity (Wildman–Crippen MR) is 63.4 cm³/mol. The van der Waals surface area contributed by atoms with E-state index in [2.05, 4.69) is 15.3 Å². The molecular formula is C12H17N3O2. The summed E-state index contributed by atoms with van der Waals surface area (Å²) >= 11 is 0. The third kappa shape index (κ3) is 3.15. The van der Waals surface area contributed by atoms with Gasteiger partial charge in [0, 0.05) is 18.4 Å². The molecule has 1 saturated carbocycles. The van der Waals surface area contributed by atoms with Crippen LogP contribution in [0.1, 0.15) is 26.2 Å². The Bertz CT molecular complexity index is 369. The minimum atomic E-state index is -0.0732. The van der Waals surface area contributed by atoms with Crippen LogP contribution < -0.4 is 5.32 Å². The van der Waals surface area contributed by atoms with Gasteiger partial charge in [-0.15, -0.1) is 0 Å². The Morgan fingerprint density at radius 3 is 3.12 bits per heavy atom. The number of rotatable bonds is 4. The van der Waals surface area contributed by atoms with Crippen LogP contribution in [0.3, 0.4) is 0 Å². The molecule has 1 heterocycles. The number of nitrogens with zero attached hydrogens (tertiary/aromatic N) is 2. The van der Waals surface area contributed by atoms with Gasteiger partial charge >= 0.3 is 5.97 Å². The number of hydrogen-bond donors (Lipinski definition) is 1. The first-order chi connectivity index (χ1) is 8.29. The molecule has 0 bridgehead atoms. The molecule has 0 aliphatic heterocycles. The van der Waals surface area contributed by atoms with Crippen LogP contribution in [-0.2, 0) is 9.53 Å². The Morgan fingerprint density at radius 1 is 1.53 bits per heavy atom. The van der Waals surface area contributed by atoms with E-state index in [0.717, 1.165) is 25.1 Å². The average molecular weight is 235 g/mol. The van der Waals surface area contributed by atoms with E-state index >= 15 is 0 Å². The van der Waals surface area contributed by atoms with Gasteiger partial charge in [0.25, 0.3) is 0 Å². The summed E-state index contributed by atoms with van der Waals surface area (Å²) in [6.45, 7) is 2.29. The standard InChI is InChI=1S/C12H17N3O2/c1-2-17-12(16)9-3-4-10(7-9)15-11-8-13-5-6-14-11/h5-6,8-10H,2-4,7H2,1H3,(H,14,15)/t9-,10+/m0/s1. The highest BCUT2D eigenvalue weighted by molar-refractivity contribution is 5.73. The summed E-state index contributed by atoms with van der Waals surface area (Å²) in [5, 5.41) is 3.29. The lowest BCUT2D eigenvalue weighted by Gasteiger charge is -2.12. The molecule has 0 saturated heterocycles. The van der Waals surface area contributed by atoms with Gasteiger partial charge in [0.15, 0.2) is 0 Å². The summed E-state index contributed by atoms with van der Waals surface area (Å²) < 4.78 is 5.03. The van der Waals surface area contributed by atoms with Crippen LogP contribution in [0, 0.1) is 5.92 Å². The predicted octanol–water partition coefficient (Wildman–Crippen LogP) is 1.62. The lowest BCUT2D eigenvalue weighted by atomic mass is 10.1. The lowest BCUT2D eigenvalue weighted by Crippen LogP contribution is -2.20. The lowest BCUT2D eigenvalue weighted by molar-refractivity contribution is -0.147. The van der Waals surface area contributed by atoms with Crippen molar-refractivity contribution in [1.29, 1.82) is 0 Å². The minimum Gasteiger partial charge on any atom is -0.466 e. The van der Waals surface area contributed by atoms with Gasteiger partial charge in [-0.25, -0.2) is 4.98 Å². The van der Waals surface area contributed by atoms with Crippen LogP contribution in [0.2, 0.25) is 0 Å². The highest BCUT2D eigenvalue weighted by Gasteiger charge is 2.30. The molecule has 2 atom stereocenters. The Labute approximate surface area is 101 Å². The first-order valence-corrected chi connectivity index (χ1v) is 5.98. The fourth-order valence-electron chi connectivity index (χ4n) is 2.17. The normalized spacial score (nSPS) is 23.4. The van der Waals surface area contributed by atoms with Crippen molar-refractivity contribution >= 4 is 11.8 Å². The summed E-state index contributed by atoms with van der Waals surface area (Å²) in [6, 6.07) is 0.293. The van der Waals surface area contributed by atoms with Gasteiger partial charge in [-0.1, -0.05) is 0 Å². The zero-order valence-corrected chi connectivity index (χ0v) is 9.93. The summed E-state index contributed by atoms with van der Waals surface area (Å²) in [7, 11) is 0. The second kappa shape index (κ2) is 5.61. The van der Waals surface area contributed by atoms with Crippen LogP contribution in [0.15, 0.2) is 18.6 Å². The molecule has 0 unspecified atom stereocenters. The van der Waals surface area contributed by atoms with Crippen molar-refractivity contribution in [2.24, 2.45) is 5.92 Å². The molecule has 1 N–H and O–H groups in total. The van der Waals surface area contributed by atoms with Gasteiger partial charge in [0.1, 0.15) is 5.82 Å². The summed E-state index contributed by atoms with van der Waals surface area (Å²) in [5.41, 5.74) is 0. The van der Waals surface area contributed by atoms with Crippen LogP contribution >= 0.6 is 0 Å². The largest absolute Gasteiger partial charge is 0.466 e. The Hall–Kier alpha value is -1.65. The molecule has 1 aliphatic rings. The monoisotopic (exact) mass is 235 g/mol. The summed E-state index contributed by atoms with van der Waals surface area (Å²) in [4.78, 5) is 19.7. The van der Waals surface area contributed by atoms with Crippen molar-refractivity contribution in [3.05, 3.63) is 18.6 Å². The molecule has 0 aromatic carbocycles. The maximum Gasteiger partial charge on any atom is 0.308 e. The Kier molecular flexibility index (Phi) is 3.90. The number of ether oxygens (including phenoxy) is 1. The fraction of sp³-hybridized carbons (Fsp3) is 0.583. The van der Waals surface area contributed by atoms with Crippen molar-refractivity contribution in [3.63, 3.8) is 0 Å². The van der Waals surface area contributed by atoms with E-state index in [0.29, 0.717) is 12.6 Å². The molecular weight excluding hydrogens is 218 g/mol. The van der Waals surface area contributed by atoms with Crippen LogP contribution in [-0.4, -0.2) is 28.6 Å². The van der Waals surface area contributed by atoms with Gasteiger partial charge in [0.2, 0.25) is 0 Å². The fourth-order valence-corrected chi connectivity index (χ4v) is 2.17. The van der Waals surface area contributed by atoms with E-state index in [-0.39, 0.29) is 11.9 Å². The minimum absolute atomic E-state index is 0.0316. The van der Waals surface area contributed by atoms with Crippen LogP contribution in [0.25, 0.3) is 0 Å². The van der Waals surface area contributed by atoms with Crippen molar-refractivity contribution in [2.45, 2.75) is 32.2 Å². The van der Waals surface area contributed by atoms with E-state index in [1.165, 1.54) is 0 Å². The molecule has 1 aliphatic carbocycles. The van der Waals surface area contributed by atoms with Gasteiger partial charge in [0.05, 0.1) is 18.7 Å². The van der Waals surface area contributed by atoms with Crippen molar-refractivity contribution in [2.75, 3.05) is 11.9 Å². The topological polar surface area (TPSA) is 64.1 Å². The Morgan fingerprint density at radius 2 is 2.41 bits per heavy atom. The van der Waals surface area contributed by atoms with E-state index in [1.807, 2.05) is 6.92 Å². The number of nitrogens with one attached hydrogen (secondary N) is 1. The molecule has 5 nitrogen and oxygen atoms in total. The maximum absolute atomic E-state index is 11.6. The molecule has 92 valence electrons. The smallest absolute Gasteiger partial charge is 0.308 e. The number of carbonyl (C=O) groups excluding carboxylic acids is 1. The molecule has 0 amide bonds. The zero-order chi connectivity index (χ0) is 12.1. The Balaban J connectivity index is 1.84. The highest BCUT2D eigenvalue weighted by Crippen LogP contribution is 2.28. The molecule has 1 aromatic heterocycles. The first kappa shape index (κ1) is 11.8. The average Bonchev–Trinajstić information content (AvgIpc) is 2.79.